The minimum atomic E-state index is -3.46. The molecule has 12 heavy (non-hydrogen) atoms. The topological polar surface area (TPSA) is 68.3 Å². The minimum Gasteiger partial charge on any atom is -0.219 e. The van der Waals surface area contributed by atoms with Gasteiger partial charge in [0, 0.05) is 10.8 Å². The van der Waals surface area contributed by atoms with E-state index in [4.69, 9.17) is 0 Å². The summed E-state index contributed by atoms with van der Waals surface area (Å²) in [5.74, 6) is 0. The molecule has 0 fully saturated rings. The summed E-state index contributed by atoms with van der Waals surface area (Å²) in [7, 11) is -6.92. The van der Waals surface area contributed by atoms with E-state index in [0.29, 0.717) is 10.8 Å². The second-order valence-electron chi connectivity index (χ2n) is 2.47. The van der Waals surface area contributed by atoms with E-state index in [1.807, 2.05) is 0 Å². The third kappa shape index (κ3) is 1.32. The molecular formula is C6H8O4S2. The highest BCUT2D eigenvalue weighted by Crippen LogP contribution is 2.24. The quantitative estimate of drug-likeness (QED) is 0.583. The molecule has 0 radical (unpaired) electrons. The maximum Gasteiger partial charge on any atom is 0.197 e. The van der Waals surface area contributed by atoms with Crippen LogP contribution < -0.4 is 0 Å². The molecule has 4 nitrogen and oxygen atoms in total. The van der Waals surface area contributed by atoms with Crippen molar-refractivity contribution in [3.63, 3.8) is 0 Å². The highest BCUT2D eigenvalue weighted by molar-refractivity contribution is 8.04. The van der Waals surface area contributed by atoms with Crippen LogP contribution in [-0.4, -0.2) is 16.8 Å². The Morgan fingerprint density at radius 1 is 0.833 bits per heavy atom. The SMILES string of the molecule is CC1=C(C)S(=O)(=O)C=CS1(=O)=O. The predicted molar refractivity (Wildman–Crippen MR) is 45.4 cm³/mol. The molecular weight excluding hydrogens is 200 g/mol. The molecule has 0 amide bonds. The predicted octanol–water partition coefficient (Wildman–Crippen LogP) is 0.552. The van der Waals surface area contributed by atoms with Crippen LogP contribution in [0.5, 0.6) is 0 Å². The van der Waals surface area contributed by atoms with E-state index in [9.17, 15) is 16.8 Å². The van der Waals surface area contributed by atoms with Crippen LogP contribution in [0.4, 0.5) is 0 Å². The van der Waals surface area contributed by atoms with E-state index in [1.165, 1.54) is 13.8 Å². The van der Waals surface area contributed by atoms with Crippen LogP contribution >= 0.6 is 0 Å². The van der Waals surface area contributed by atoms with Gasteiger partial charge >= 0.3 is 0 Å². The van der Waals surface area contributed by atoms with Crippen molar-refractivity contribution in [3.05, 3.63) is 20.6 Å². The first-order chi connectivity index (χ1) is 5.27. The van der Waals surface area contributed by atoms with Crippen molar-refractivity contribution >= 4 is 19.7 Å². The molecule has 1 rings (SSSR count). The van der Waals surface area contributed by atoms with Crippen LogP contribution in [0.15, 0.2) is 20.6 Å². The van der Waals surface area contributed by atoms with E-state index in [1.54, 1.807) is 0 Å². The molecule has 0 saturated heterocycles. The zero-order valence-electron chi connectivity index (χ0n) is 6.60. The van der Waals surface area contributed by atoms with E-state index >= 15 is 0 Å². The molecule has 1 aliphatic rings. The monoisotopic (exact) mass is 208 g/mol. The zero-order valence-corrected chi connectivity index (χ0v) is 8.24. The molecule has 1 aliphatic heterocycles. The Labute approximate surface area is 71.4 Å². The first-order valence-corrected chi connectivity index (χ1v) is 6.22. The first-order valence-electron chi connectivity index (χ1n) is 3.13. The summed E-state index contributed by atoms with van der Waals surface area (Å²) < 4.78 is 44.3. The van der Waals surface area contributed by atoms with Crippen molar-refractivity contribution in [1.29, 1.82) is 0 Å². The van der Waals surface area contributed by atoms with Crippen LogP contribution in [-0.2, 0) is 19.7 Å². The van der Waals surface area contributed by atoms with Gasteiger partial charge in [0.2, 0.25) is 0 Å². The van der Waals surface area contributed by atoms with Gasteiger partial charge in [0.1, 0.15) is 0 Å². The first kappa shape index (κ1) is 9.47. The Morgan fingerprint density at radius 3 is 1.33 bits per heavy atom. The molecule has 0 aromatic carbocycles. The molecule has 0 aromatic heterocycles. The third-order valence-corrected chi connectivity index (χ3v) is 5.37. The Hall–Kier alpha value is -0.620. The van der Waals surface area contributed by atoms with E-state index in [2.05, 4.69) is 0 Å². The second kappa shape index (κ2) is 2.43. The molecule has 0 bridgehead atoms. The van der Waals surface area contributed by atoms with Crippen molar-refractivity contribution in [3.8, 4) is 0 Å². The smallest absolute Gasteiger partial charge is 0.197 e. The van der Waals surface area contributed by atoms with Gasteiger partial charge in [-0.1, -0.05) is 0 Å². The molecule has 0 N–H and O–H groups in total. The number of allylic oxidation sites excluding steroid dienone is 2. The number of sulfone groups is 2. The van der Waals surface area contributed by atoms with Crippen LogP contribution in [0.25, 0.3) is 0 Å². The molecule has 0 atom stereocenters. The van der Waals surface area contributed by atoms with Gasteiger partial charge in [-0.05, 0) is 13.8 Å². The van der Waals surface area contributed by atoms with Crippen LogP contribution in [0.3, 0.4) is 0 Å². The fourth-order valence-corrected chi connectivity index (χ4v) is 3.83. The summed E-state index contributed by atoms with van der Waals surface area (Å²) in [5.41, 5.74) is 0. The van der Waals surface area contributed by atoms with E-state index in [-0.39, 0.29) is 9.81 Å². The summed E-state index contributed by atoms with van der Waals surface area (Å²) in [6.07, 6.45) is 0. The zero-order chi connectivity index (χ0) is 9.57. The number of rotatable bonds is 0. The van der Waals surface area contributed by atoms with Gasteiger partial charge in [0.05, 0.1) is 9.81 Å². The maximum absolute atomic E-state index is 11.1. The molecule has 1 heterocycles. The lowest BCUT2D eigenvalue weighted by atomic mass is 10.6. The van der Waals surface area contributed by atoms with Gasteiger partial charge in [-0.2, -0.15) is 0 Å². The summed E-state index contributed by atoms with van der Waals surface area (Å²) in [6, 6.07) is 0. The van der Waals surface area contributed by atoms with Crippen molar-refractivity contribution in [1.82, 2.24) is 0 Å². The Bertz CT molecular complexity index is 418. The Morgan fingerprint density at radius 2 is 1.08 bits per heavy atom. The average molecular weight is 208 g/mol. The summed E-state index contributed by atoms with van der Waals surface area (Å²) in [6.45, 7) is 2.57. The molecule has 0 spiro atoms. The molecule has 0 unspecified atom stereocenters. The van der Waals surface area contributed by atoms with Crippen molar-refractivity contribution in [2.75, 3.05) is 0 Å². The highest BCUT2D eigenvalue weighted by Gasteiger charge is 2.25. The fraction of sp³-hybridized carbons (Fsp3) is 0.333. The van der Waals surface area contributed by atoms with Gasteiger partial charge in [-0.15, -0.1) is 0 Å². The maximum atomic E-state index is 11.1. The largest absolute Gasteiger partial charge is 0.219 e. The van der Waals surface area contributed by atoms with Gasteiger partial charge in [0.15, 0.2) is 19.7 Å². The molecule has 68 valence electrons. The van der Waals surface area contributed by atoms with Crippen LogP contribution in [0.1, 0.15) is 13.8 Å². The lowest BCUT2D eigenvalue weighted by Gasteiger charge is -2.09. The fourth-order valence-electron chi connectivity index (χ4n) is 0.751. The number of hydrogen-bond acceptors (Lipinski definition) is 4. The van der Waals surface area contributed by atoms with Crippen molar-refractivity contribution in [2.24, 2.45) is 0 Å². The lowest BCUT2D eigenvalue weighted by Crippen LogP contribution is -2.11. The Balaban J connectivity index is 3.59. The summed E-state index contributed by atoms with van der Waals surface area (Å²) in [5, 5.41) is 1.43. The highest BCUT2D eigenvalue weighted by atomic mass is 32.2. The van der Waals surface area contributed by atoms with Crippen molar-refractivity contribution < 1.29 is 16.8 Å². The second-order valence-corrected chi connectivity index (χ2v) is 6.42. The van der Waals surface area contributed by atoms with Gasteiger partial charge < -0.3 is 0 Å². The standard InChI is InChI=1S/C6H8O4S2/c1-5-6(2)12(9,10)4-3-11(5,7)8/h3-4H,1-2H3. The van der Waals surface area contributed by atoms with E-state index in [0.717, 1.165) is 0 Å². The van der Waals surface area contributed by atoms with Gasteiger partial charge in [-0.25, -0.2) is 16.8 Å². The van der Waals surface area contributed by atoms with E-state index < -0.39 is 19.7 Å². The van der Waals surface area contributed by atoms with Gasteiger partial charge in [0.25, 0.3) is 0 Å². The molecule has 0 saturated carbocycles. The molecule has 6 heteroatoms. The average Bonchev–Trinajstić information content (AvgIpc) is 1.96. The minimum absolute atomic E-state index is 0.0926. The van der Waals surface area contributed by atoms with Crippen LogP contribution in [0.2, 0.25) is 0 Å². The Kier molecular flexibility index (Phi) is 1.92. The van der Waals surface area contributed by atoms with Crippen molar-refractivity contribution in [2.45, 2.75) is 13.8 Å². The lowest BCUT2D eigenvalue weighted by molar-refractivity contribution is 0.602. The summed E-state index contributed by atoms with van der Waals surface area (Å²) in [4.78, 5) is -0.185. The van der Waals surface area contributed by atoms with Crippen LogP contribution in [0, 0.1) is 0 Å². The third-order valence-electron chi connectivity index (χ3n) is 1.76. The summed E-state index contributed by atoms with van der Waals surface area (Å²) >= 11 is 0. The molecule has 0 aliphatic carbocycles. The molecule has 0 aromatic rings. The number of hydrogen-bond donors (Lipinski definition) is 0. The normalized spacial score (nSPS) is 25.8. The van der Waals surface area contributed by atoms with Gasteiger partial charge in [-0.3, -0.25) is 0 Å².